The molecule has 0 fully saturated rings. The first kappa shape index (κ1) is 45.0. The van der Waals surface area contributed by atoms with E-state index >= 15 is 0 Å². The monoisotopic (exact) mass is 909 g/mol. The molecule has 65 heavy (non-hydrogen) atoms. The normalized spacial score (nSPS) is 15.9. The Kier molecular flexibility index (Phi) is 14.8. The second-order valence-corrected chi connectivity index (χ2v) is 20.6. The van der Waals surface area contributed by atoms with Crippen LogP contribution < -0.4 is 35.2 Å². The molecule has 0 bridgehead atoms. The number of benzene rings is 4. The number of likely N-dealkylation sites (N-methyl/N-ethyl adjacent to an activating group) is 1. The van der Waals surface area contributed by atoms with Crippen molar-refractivity contribution in [2.75, 3.05) is 97.5 Å². The number of nitrogens with one attached hydrogen (secondary N) is 3. The molecule has 4 aliphatic rings. The fourth-order valence-corrected chi connectivity index (χ4v) is 12.3. The highest BCUT2D eigenvalue weighted by Gasteiger charge is 2.28. The number of anilines is 4. The lowest BCUT2D eigenvalue weighted by molar-refractivity contribution is -0.647. The number of carbonyl (C=O) groups excluding carboxylic acids is 2. The Bertz CT molecular complexity index is 2490. The zero-order valence-corrected chi connectivity index (χ0v) is 39.8. The van der Waals surface area contributed by atoms with Crippen LogP contribution in [-0.4, -0.2) is 94.2 Å². The molecule has 0 radical (unpaired) electrons. The van der Waals surface area contributed by atoms with E-state index in [9.17, 15) is 9.59 Å². The number of hydrogen-bond donors (Lipinski definition) is 3. The summed E-state index contributed by atoms with van der Waals surface area (Å²) in [5.41, 5.74) is 15.7. The van der Waals surface area contributed by atoms with Crippen LogP contribution in [0, 0.1) is 0 Å². The van der Waals surface area contributed by atoms with E-state index in [0.29, 0.717) is 13.1 Å². The van der Waals surface area contributed by atoms with Crippen LogP contribution in [0.1, 0.15) is 70.9 Å². The molecule has 3 N–H and O–H groups in total. The Morgan fingerprint density at radius 1 is 0.769 bits per heavy atom. The molecule has 1 aromatic heterocycles. The minimum absolute atomic E-state index is 0.0200. The van der Waals surface area contributed by atoms with E-state index in [1.54, 1.807) is 21.6 Å². The van der Waals surface area contributed by atoms with Gasteiger partial charge in [-0.25, -0.2) is 9.13 Å². The first-order chi connectivity index (χ1) is 31.9. The van der Waals surface area contributed by atoms with E-state index in [2.05, 4.69) is 127 Å². The number of imidazole rings is 1. The molecule has 1 unspecified atom stereocenters. The molecular weight excluding hydrogens is 845 g/mol. The molecule has 5 aromatic rings. The zero-order valence-electron chi connectivity index (χ0n) is 38.2. The summed E-state index contributed by atoms with van der Waals surface area (Å²) in [5, 5.41) is 9.99. The van der Waals surface area contributed by atoms with Crippen molar-refractivity contribution in [3.8, 4) is 0 Å². The number of aryl methyl sites for hydroxylation is 5. The van der Waals surface area contributed by atoms with Gasteiger partial charge in [0.2, 0.25) is 5.91 Å². The van der Waals surface area contributed by atoms with Crippen LogP contribution in [0.4, 0.5) is 22.7 Å². The number of amides is 1. The number of hydrogen-bond acceptors (Lipinski definition) is 9. The van der Waals surface area contributed by atoms with Gasteiger partial charge in [0.25, 0.3) is 5.82 Å². The van der Waals surface area contributed by atoms with Gasteiger partial charge in [-0.2, -0.15) is 0 Å². The number of nitrogens with zero attached hydrogens (tertiary/aromatic N) is 5. The number of aromatic nitrogens is 2. The average molecular weight is 910 g/mol. The summed E-state index contributed by atoms with van der Waals surface area (Å²) in [6.45, 7) is 7.65. The molecule has 0 aliphatic carbocycles. The third-order valence-electron chi connectivity index (χ3n) is 13.5. The van der Waals surface area contributed by atoms with E-state index in [4.69, 9.17) is 0 Å². The maximum absolute atomic E-state index is 12.8. The minimum Gasteiger partial charge on any atom is -0.374 e. The number of carbonyl (C=O) groups is 2. The van der Waals surface area contributed by atoms with Crippen molar-refractivity contribution in [3.63, 3.8) is 0 Å². The molecule has 0 saturated carbocycles. The summed E-state index contributed by atoms with van der Waals surface area (Å²) < 4.78 is 4.38. The van der Waals surface area contributed by atoms with E-state index in [1.165, 1.54) is 109 Å². The van der Waals surface area contributed by atoms with Crippen LogP contribution in [0.3, 0.4) is 0 Å². The Hall–Kier alpha value is -5.17. The molecule has 9 rings (SSSR count). The van der Waals surface area contributed by atoms with E-state index in [-0.39, 0.29) is 18.5 Å². The van der Waals surface area contributed by atoms with E-state index in [0.717, 1.165) is 72.0 Å². The molecule has 12 heteroatoms. The lowest BCUT2D eigenvalue weighted by Crippen LogP contribution is -2.34. The summed E-state index contributed by atoms with van der Waals surface area (Å²) in [7, 11) is 7.73. The molecule has 1 amide bonds. The highest BCUT2D eigenvalue weighted by Crippen LogP contribution is 2.38. The van der Waals surface area contributed by atoms with E-state index in [1.807, 2.05) is 24.3 Å². The molecule has 340 valence electrons. The standard InChI is InChI=1S/C53H64N8O2S2/c1-57(25-7-12-39-32-41-13-8-26-59-27-9-14-42(33-39)52(41)59)47-18-4-3-17-46(47)56-37-50(63)55-24-31-65-64-30-23-54-36-45(38-62)61-49-20-6-5-19-48(49)58(2)51(61)22-21-40-34-43-15-10-28-60-29-11-16-44(35-40)53(43)60/h3-7,12,17-22,32-35,38,45,54,56H,8-11,13-16,23-31,36-37H2,1-2H3/p+1. The Balaban J connectivity index is 0.700. The van der Waals surface area contributed by atoms with Crippen LogP contribution in [-0.2, 0) is 42.3 Å². The largest absolute Gasteiger partial charge is 0.374 e. The lowest BCUT2D eigenvalue weighted by Gasteiger charge is -2.37. The molecule has 0 saturated heterocycles. The second kappa shape index (κ2) is 21.4. The van der Waals surface area contributed by atoms with Crippen molar-refractivity contribution >= 4 is 85.8 Å². The SMILES string of the molecule is CN(CC=Cc1cc2c3c(c1)CCCN3CCC2)c1ccccc1NCC(=O)NCCSSCCNCC(C=O)n1c(C=Cc2cc3c4c(c2)CCCN4CCC3)[n+](C)c2ccccc21. The third-order valence-corrected chi connectivity index (χ3v) is 15.9. The van der Waals surface area contributed by atoms with Crippen LogP contribution in [0.15, 0.2) is 78.9 Å². The predicted molar refractivity (Wildman–Crippen MR) is 276 cm³/mol. The van der Waals surface area contributed by atoms with Crippen molar-refractivity contribution in [2.45, 2.75) is 57.4 Å². The van der Waals surface area contributed by atoms with Crippen LogP contribution in [0.2, 0.25) is 0 Å². The van der Waals surface area contributed by atoms with Gasteiger partial charge in [0.15, 0.2) is 23.4 Å². The van der Waals surface area contributed by atoms with Gasteiger partial charge in [0.1, 0.15) is 0 Å². The summed E-state index contributed by atoms with van der Waals surface area (Å²) in [6, 6.07) is 25.7. The van der Waals surface area contributed by atoms with Crippen molar-refractivity contribution in [2.24, 2.45) is 7.05 Å². The lowest BCUT2D eigenvalue weighted by atomic mass is 9.90. The minimum atomic E-state index is -0.353. The second-order valence-electron chi connectivity index (χ2n) is 17.9. The van der Waals surface area contributed by atoms with Gasteiger partial charge in [-0.3, -0.25) is 9.59 Å². The van der Waals surface area contributed by atoms with Crippen LogP contribution >= 0.6 is 21.6 Å². The highest BCUT2D eigenvalue weighted by atomic mass is 33.1. The van der Waals surface area contributed by atoms with Gasteiger partial charge < -0.3 is 30.7 Å². The molecule has 0 spiro atoms. The van der Waals surface area contributed by atoms with Crippen molar-refractivity contribution in [1.29, 1.82) is 0 Å². The van der Waals surface area contributed by atoms with E-state index < -0.39 is 0 Å². The van der Waals surface area contributed by atoms with Gasteiger partial charge in [0.05, 0.1) is 25.0 Å². The summed E-state index contributed by atoms with van der Waals surface area (Å²) >= 11 is 0. The first-order valence-corrected chi connectivity index (χ1v) is 26.3. The quantitative estimate of drug-likeness (QED) is 0.0311. The molecule has 4 aromatic carbocycles. The number of rotatable bonds is 20. The predicted octanol–water partition coefficient (Wildman–Crippen LogP) is 8.12. The zero-order chi connectivity index (χ0) is 44.5. The Morgan fingerprint density at radius 3 is 2.00 bits per heavy atom. The average Bonchev–Trinajstić information content (AvgIpc) is 3.61. The Labute approximate surface area is 393 Å². The van der Waals surface area contributed by atoms with Gasteiger partial charge in [-0.15, -0.1) is 0 Å². The Morgan fingerprint density at radius 2 is 1.35 bits per heavy atom. The maximum Gasteiger partial charge on any atom is 0.282 e. The molecule has 10 nitrogen and oxygen atoms in total. The van der Waals surface area contributed by atoms with Gasteiger partial charge in [0, 0.05) is 88.4 Å². The number of aldehydes is 1. The molecule has 4 aliphatic heterocycles. The van der Waals surface area contributed by atoms with Crippen molar-refractivity contribution in [1.82, 2.24) is 15.2 Å². The summed E-state index contributed by atoms with van der Waals surface area (Å²) in [6.07, 6.45) is 19.6. The summed E-state index contributed by atoms with van der Waals surface area (Å²) in [4.78, 5) is 33.0. The van der Waals surface area contributed by atoms with Crippen LogP contribution in [0.25, 0.3) is 29.3 Å². The van der Waals surface area contributed by atoms with Gasteiger partial charge in [-0.05, 0) is 139 Å². The topological polar surface area (TPSA) is 88.8 Å². The van der Waals surface area contributed by atoms with Crippen molar-refractivity contribution in [3.05, 3.63) is 118 Å². The highest BCUT2D eigenvalue weighted by molar-refractivity contribution is 8.76. The maximum atomic E-state index is 12.8. The number of fused-ring (bicyclic) bond motifs is 1. The molecule has 5 heterocycles. The number of para-hydroxylation sites is 4. The van der Waals surface area contributed by atoms with Gasteiger partial charge >= 0.3 is 0 Å². The smallest absolute Gasteiger partial charge is 0.282 e. The fraction of sp³-hybridized carbons (Fsp3) is 0.415. The van der Waals surface area contributed by atoms with Crippen molar-refractivity contribution < 1.29 is 14.2 Å². The first-order valence-electron chi connectivity index (χ1n) is 23.8. The molecular formula is C53H65N8O2S2+. The fourth-order valence-electron chi connectivity index (χ4n) is 10.5. The molecule has 1 atom stereocenters. The third kappa shape index (κ3) is 10.5. The van der Waals surface area contributed by atoms with Gasteiger partial charge in [-0.1, -0.05) is 58.0 Å². The van der Waals surface area contributed by atoms with Crippen LogP contribution in [0.5, 0.6) is 0 Å². The summed E-state index contributed by atoms with van der Waals surface area (Å²) in [5.74, 6) is 2.69.